The predicted octanol–water partition coefficient (Wildman–Crippen LogP) is 8.33. The molecule has 0 aliphatic carbocycles. The van der Waals surface area contributed by atoms with Crippen LogP contribution in [0.15, 0.2) is 12.2 Å². The smallest absolute Gasteiger partial charge is 0.0351 e. The fraction of sp³-hybridized carbons (Fsp3) is 0.826. The Morgan fingerprint density at radius 3 is 1.78 bits per heavy atom. The molecule has 2 unspecified atom stereocenters. The number of hydrogen-bond acceptors (Lipinski definition) is 0. The highest BCUT2D eigenvalue weighted by Gasteiger charge is 2.13. The molecule has 0 heteroatoms. The molecule has 0 aromatic heterocycles. The maximum absolute atomic E-state index is 3.93. The zero-order valence-electron chi connectivity index (χ0n) is 16.3. The lowest BCUT2D eigenvalue weighted by Gasteiger charge is -2.22. The highest BCUT2D eigenvalue weighted by molar-refractivity contribution is 4.81. The Bertz CT molecular complexity index is 240. The average molecular weight is 321 g/mol. The van der Waals surface area contributed by atoms with E-state index in [-0.39, 0.29) is 0 Å². The summed E-state index contributed by atoms with van der Waals surface area (Å²) in [5.41, 5.74) is 0. The van der Waals surface area contributed by atoms with Gasteiger partial charge in [-0.15, -0.1) is 0 Å². The predicted molar refractivity (Wildman–Crippen MR) is 107 cm³/mol. The molecule has 0 amide bonds. The van der Waals surface area contributed by atoms with Gasteiger partial charge in [-0.1, -0.05) is 104 Å². The van der Waals surface area contributed by atoms with Crippen molar-refractivity contribution in [3.63, 3.8) is 0 Å². The summed E-state index contributed by atoms with van der Waals surface area (Å²) in [4.78, 5) is 0. The minimum absolute atomic E-state index is 0.936. The third-order valence-electron chi connectivity index (χ3n) is 5.25. The Morgan fingerprint density at radius 1 is 0.696 bits per heavy atom. The van der Waals surface area contributed by atoms with Crippen LogP contribution in [0.5, 0.6) is 0 Å². The van der Waals surface area contributed by atoms with Crippen molar-refractivity contribution in [2.45, 2.75) is 110 Å². The van der Waals surface area contributed by atoms with Crippen molar-refractivity contribution in [1.29, 1.82) is 0 Å². The van der Waals surface area contributed by atoms with E-state index in [4.69, 9.17) is 0 Å². The Kier molecular flexibility index (Phi) is 17.9. The zero-order valence-corrected chi connectivity index (χ0v) is 16.3. The normalized spacial score (nSPS) is 14.4. The van der Waals surface area contributed by atoms with E-state index >= 15 is 0 Å². The van der Waals surface area contributed by atoms with Crippen LogP contribution in [0.4, 0.5) is 0 Å². The molecule has 0 heterocycles. The molecular weight excluding hydrogens is 276 g/mol. The van der Waals surface area contributed by atoms with E-state index in [2.05, 4.69) is 39.8 Å². The minimum Gasteiger partial charge on any atom is -0.0885 e. The molecule has 0 spiro atoms. The van der Waals surface area contributed by atoms with Gasteiger partial charge < -0.3 is 0 Å². The Hall–Kier alpha value is -0.260. The van der Waals surface area contributed by atoms with Crippen LogP contribution in [0.2, 0.25) is 0 Å². The summed E-state index contributed by atoms with van der Waals surface area (Å²) in [6.07, 6.45) is 24.7. The van der Waals surface area contributed by atoms with Crippen LogP contribution < -0.4 is 0 Å². The SMILES string of the molecule is [CH2]C/C=C/CCCCCC(CC)CC(CC)CCCCCC[CH2]. The number of allylic oxidation sites excluding steroid dienone is 2. The second-order valence-electron chi connectivity index (χ2n) is 7.24. The molecule has 2 radical (unpaired) electrons. The monoisotopic (exact) mass is 320 g/mol. The van der Waals surface area contributed by atoms with Crippen molar-refractivity contribution in [3.05, 3.63) is 26.0 Å². The summed E-state index contributed by atoms with van der Waals surface area (Å²) in [6, 6.07) is 0. The van der Waals surface area contributed by atoms with Gasteiger partial charge in [0.05, 0.1) is 0 Å². The average Bonchev–Trinajstić information content (AvgIpc) is 2.58. The van der Waals surface area contributed by atoms with Gasteiger partial charge in [-0.3, -0.25) is 0 Å². The second kappa shape index (κ2) is 18.1. The van der Waals surface area contributed by atoms with Crippen LogP contribution in [0.1, 0.15) is 110 Å². The van der Waals surface area contributed by atoms with Gasteiger partial charge in [0, 0.05) is 0 Å². The van der Waals surface area contributed by atoms with E-state index in [9.17, 15) is 0 Å². The van der Waals surface area contributed by atoms with Crippen LogP contribution in [0, 0.1) is 25.7 Å². The highest BCUT2D eigenvalue weighted by atomic mass is 14.2. The van der Waals surface area contributed by atoms with Crippen LogP contribution >= 0.6 is 0 Å². The van der Waals surface area contributed by atoms with E-state index in [1.807, 2.05) is 0 Å². The standard InChI is InChI=1S/C23H44/c1-5-9-11-13-14-16-18-20-23(8-4)21-22(7-3)19-17-15-12-10-6-2/h9,11,22-23H,1-2,5-8,10,12-21H2,3-4H3/b11-9+. The lowest BCUT2D eigenvalue weighted by molar-refractivity contribution is 0.307. The van der Waals surface area contributed by atoms with E-state index in [1.54, 1.807) is 0 Å². The summed E-state index contributed by atoms with van der Waals surface area (Å²) in [6.45, 7) is 12.6. The topological polar surface area (TPSA) is 0 Å². The van der Waals surface area contributed by atoms with Crippen molar-refractivity contribution in [2.75, 3.05) is 0 Å². The highest BCUT2D eigenvalue weighted by Crippen LogP contribution is 2.27. The molecule has 0 aliphatic heterocycles. The molecule has 0 bridgehead atoms. The number of hydrogen-bond donors (Lipinski definition) is 0. The van der Waals surface area contributed by atoms with E-state index < -0.39 is 0 Å². The van der Waals surface area contributed by atoms with Crippen LogP contribution in [0.25, 0.3) is 0 Å². The van der Waals surface area contributed by atoms with Gasteiger partial charge in [0.2, 0.25) is 0 Å². The van der Waals surface area contributed by atoms with Crippen molar-refractivity contribution >= 4 is 0 Å². The Labute approximate surface area is 148 Å². The van der Waals surface area contributed by atoms with Crippen LogP contribution in [0.3, 0.4) is 0 Å². The van der Waals surface area contributed by atoms with Gasteiger partial charge in [-0.25, -0.2) is 0 Å². The van der Waals surface area contributed by atoms with Crippen molar-refractivity contribution in [3.8, 4) is 0 Å². The van der Waals surface area contributed by atoms with E-state index in [0.717, 1.165) is 24.7 Å². The molecular formula is C23H44. The molecule has 23 heavy (non-hydrogen) atoms. The van der Waals surface area contributed by atoms with Gasteiger partial charge in [0.15, 0.2) is 0 Å². The molecule has 0 rings (SSSR count). The number of rotatable bonds is 17. The van der Waals surface area contributed by atoms with Crippen molar-refractivity contribution in [1.82, 2.24) is 0 Å². The van der Waals surface area contributed by atoms with Gasteiger partial charge in [-0.2, -0.15) is 0 Å². The lowest BCUT2D eigenvalue weighted by Crippen LogP contribution is -2.08. The second-order valence-corrected chi connectivity index (χ2v) is 7.24. The fourth-order valence-electron chi connectivity index (χ4n) is 3.52. The Morgan fingerprint density at radius 2 is 1.26 bits per heavy atom. The molecule has 0 fully saturated rings. The molecule has 0 aliphatic rings. The number of unbranched alkanes of at least 4 members (excludes halogenated alkanes) is 7. The molecule has 0 aromatic rings. The molecule has 0 aromatic carbocycles. The summed E-state index contributed by atoms with van der Waals surface area (Å²) < 4.78 is 0. The molecule has 0 N–H and O–H groups in total. The molecule has 136 valence electrons. The first kappa shape index (κ1) is 22.7. The maximum atomic E-state index is 3.93. The van der Waals surface area contributed by atoms with Gasteiger partial charge in [0.25, 0.3) is 0 Å². The van der Waals surface area contributed by atoms with Gasteiger partial charge in [0.1, 0.15) is 0 Å². The van der Waals surface area contributed by atoms with Crippen molar-refractivity contribution in [2.24, 2.45) is 11.8 Å². The summed E-state index contributed by atoms with van der Waals surface area (Å²) >= 11 is 0. The first-order valence-electron chi connectivity index (χ1n) is 10.5. The lowest BCUT2D eigenvalue weighted by atomic mass is 9.84. The Balaban J connectivity index is 3.75. The quantitative estimate of drug-likeness (QED) is 0.186. The first-order chi connectivity index (χ1) is 11.3. The molecule has 0 saturated carbocycles. The van der Waals surface area contributed by atoms with Gasteiger partial charge in [-0.05, 0) is 44.4 Å². The summed E-state index contributed by atoms with van der Waals surface area (Å²) in [7, 11) is 0. The fourth-order valence-corrected chi connectivity index (χ4v) is 3.52. The molecule has 0 saturated heterocycles. The maximum Gasteiger partial charge on any atom is -0.0351 e. The van der Waals surface area contributed by atoms with Crippen molar-refractivity contribution < 1.29 is 0 Å². The van der Waals surface area contributed by atoms with E-state index in [0.29, 0.717) is 0 Å². The third kappa shape index (κ3) is 15.0. The first-order valence-corrected chi connectivity index (χ1v) is 10.5. The van der Waals surface area contributed by atoms with Crippen LogP contribution in [-0.4, -0.2) is 0 Å². The summed E-state index contributed by atoms with van der Waals surface area (Å²) in [5, 5.41) is 0. The molecule has 0 nitrogen and oxygen atoms in total. The molecule has 2 atom stereocenters. The third-order valence-corrected chi connectivity index (χ3v) is 5.25. The largest absolute Gasteiger partial charge is 0.0885 e. The van der Waals surface area contributed by atoms with E-state index in [1.165, 1.54) is 83.5 Å². The zero-order chi connectivity index (χ0) is 17.2. The van der Waals surface area contributed by atoms with Gasteiger partial charge >= 0.3 is 0 Å². The van der Waals surface area contributed by atoms with Crippen LogP contribution in [-0.2, 0) is 0 Å². The summed E-state index contributed by atoms with van der Waals surface area (Å²) in [5.74, 6) is 1.94. The minimum atomic E-state index is 0.936.